The fourth-order valence-corrected chi connectivity index (χ4v) is 4.53. The average molecular weight is 351 g/mol. The Morgan fingerprint density at radius 3 is 2.96 bits per heavy atom. The number of rotatable bonds is 5. The monoisotopic (exact) mass is 351 g/mol. The molecule has 4 rings (SSSR count). The van der Waals surface area contributed by atoms with Crippen molar-refractivity contribution in [1.82, 2.24) is 15.2 Å². The highest BCUT2D eigenvalue weighted by Crippen LogP contribution is 2.38. The molecule has 0 bridgehead atoms. The van der Waals surface area contributed by atoms with Crippen molar-refractivity contribution in [3.63, 3.8) is 0 Å². The molecule has 1 aromatic heterocycles. The Bertz CT molecular complexity index is 759. The predicted molar refractivity (Wildman–Crippen MR) is 104 cm³/mol. The van der Waals surface area contributed by atoms with Gasteiger partial charge in [-0.05, 0) is 57.0 Å². The van der Waals surface area contributed by atoms with Gasteiger partial charge in [-0.15, -0.1) is 0 Å². The van der Waals surface area contributed by atoms with Crippen LogP contribution in [0.1, 0.15) is 43.0 Å². The van der Waals surface area contributed by atoms with Crippen LogP contribution in [0.5, 0.6) is 5.75 Å². The van der Waals surface area contributed by atoms with Crippen molar-refractivity contribution in [3.8, 4) is 5.75 Å². The Hall–Kier alpha value is -1.91. The molecule has 4 nitrogen and oxygen atoms in total. The lowest BCUT2D eigenvalue weighted by molar-refractivity contribution is 0.137. The Morgan fingerprint density at radius 2 is 2.15 bits per heavy atom. The highest BCUT2D eigenvalue weighted by atomic mass is 16.5. The van der Waals surface area contributed by atoms with Crippen molar-refractivity contribution in [3.05, 3.63) is 59.4 Å². The molecule has 0 unspecified atom stereocenters. The van der Waals surface area contributed by atoms with Crippen LogP contribution in [-0.2, 0) is 13.0 Å². The third-order valence-corrected chi connectivity index (χ3v) is 5.69. The molecule has 0 radical (unpaired) electrons. The SMILES string of the molecule is CN1CC[C@@H](CNCc2cccc3c2OC(C)(C)C3)[C@@H]1c1cccnc1. The molecular weight excluding hydrogens is 322 g/mol. The third-order valence-electron chi connectivity index (χ3n) is 5.69. The summed E-state index contributed by atoms with van der Waals surface area (Å²) < 4.78 is 6.20. The van der Waals surface area contributed by atoms with E-state index in [4.69, 9.17) is 4.74 Å². The maximum Gasteiger partial charge on any atom is 0.127 e. The summed E-state index contributed by atoms with van der Waals surface area (Å²) in [5.41, 5.74) is 3.85. The summed E-state index contributed by atoms with van der Waals surface area (Å²) in [5, 5.41) is 3.69. The summed E-state index contributed by atoms with van der Waals surface area (Å²) in [6.07, 6.45) is 6.08. The van der Waals surface area contributed by atoms with Crippen molar-refractivity contribution in [2.24, 2.45) is 5.92 Å². The van der Waals surface area contributed by atoms with Crippen LogP contribution in [0.2, 0.25) is 0 Å². The second kappa shape index (κ2) is 7.01. The highest BCUT2D eigenvalue weighted by molar-refractivity contribution is 5.45. The van der Waals surface area contributed by atoms with Crippen LogP contribution in [0.3, 0.4) is 0 Å². The van der Waals surface area contributed by atoms with Gasteiger partial charge >= 0.3 is 0 Å². The Labute approximate surface area is 156 Å². The van der Waals surface area contributed by atoms with Gasteiger partial charge < -0.3 is 10.1 Å². The first-order valence-corrected chi connectivity index (χ1v) is 9.64. The minimum absolute atomic E-state index is 0.0853. The summed E-state index contributed by atoms with van der Waals surface area (Å²) in [4.78, 5) is 6.77. The van der Waals surface area contributed by atoms with Gasteiger partial charge in [0.1, 0.15) is 11.4 Å². The Morgan fingerprint density at radius 1 is 1.27 bits per heavy atom. The summed E-state index contributed by atoms with van der Waals surface area (Å²) in [6.45, 7) is 7.34. The van der Waals surface area contributed by atoms with Gasteiger partial charge in [0.2, 0.25) is 0 Å². The number of aromatic nitrogens is 1. The van der Waals surface area contributed by atoms with Gasteiger partial charge in [-0.3, -0.25) is 9.88 Å². The number of nitrogens with one attached hydrogen (secondary N) is 1. The number of para-hydroxylation sites is 1. The van der Waals surface area contributed by atoms with E-state index in [0.29, 0.717) is 12.0 Å². The minimum atomic E-state index is -0.0853. The first kappa shape index (κ1) is 17.5. The Kier molecular flexibility index (Phi) is 4.72. The van der Waals surface area contributed by atoms with E-state index < -0.39 is 0 Å². The third kappa shape index (κ3) is 3.49. The Balaban J connectivity index is 1.41. The highest BCUT2D eigenvalue weighted by Gasteiger charge is 2.33. The van der Waals surface area contributed by atoms with Crippen molar-refractivity contribution >= 4 is 0 Å². The van der Waals surface area contributed by atoms with Crippen LogP contribution in [0, 0.1) is 5.92 Å². The predicted octanol–water partition coefficient (Wildman–Crippen LogP) is 3.58. The van der Waals surface area contributed by atoms with Gasteiger partial charge in [0.25, 0.3) is 0 Å². The lowest BCUT2D eigenvalue weighted by Gasteiger charge is -2.25. The van der Waals surface area contributed by atoms with Crippen molar-refractivity contribution in [1.29, 1.82) is 0 Å². The standard InChI is InChI=1S/C22H29N3O/c1-22(2)12-16-6-4-7-19(21(16)26-22)15-24-14-18-9-11-25(3)20(18)17-8-5-10-23-13-17/h4-8,10,13,18,20,24H,9,11-12,14-15H2,1-3H3/t18-,20-/m0/s1. The second-order valence-corrected chi connectivity index (χ2v) is 8.34. The van der Waals surface area contributed by atoms with Crippen LogP contribution in [0.4, 0.5) is 0 Å². The quantitative estimate of drug-likeness (QED) is 0.893. The number of likely N-dealkylation sites (tertiary alicyclic amines) is 1. The number of benzene rings is 1. The van der Waals surface area contributed by atoms with Crippen molar-refractivity contribution in [2.45, 2.75) is 44.9 Å². The molecule has 2 aromatic rings. The molecule has 1 saturated heterocycles. The normalized spacial score (nSPS) is 24.4. The van der Waals surface area contributed by atoms with E-state index in [1.807, 2.05) is 18.5 Å². The number of hydrogen-bond donors (Lipinski definition) is 1. The summed E-state index contributed by atoms with van der Waals surface area (Å²) in [7, 11) is 2.22. The molecule has 1 fully saturated rings. The van der Waals surface area contributed by atoms with E-state index in [0.717, 1.165) is 31.8 Å². The van der Waals surface area contributed by atoms with Gasteiger partial charge in [0.15, 0.2) is 0 Å². The van der Waals surface area contributed by atoms with Gasteiger partial charge in [-0.25, -0.2) is 0 Å². The lowest BCUT2D eigenvalue weighted by atomic mass is 9.94. The van der Waals surface area contributed by atoms with Crippen LogP contribution < -0.4 is 10.1 Å². The van der Waals surface area contributed by atoms with Crippen LogP contribution >= 0.6 is 0 Å². The van der Waals surface area contributed by atoms with Gasteiger partial charge in [-0.1, -0.05) is 24.3 Å². The smallest absolute Gasteiger partial charge is 0.127 e. The molecule has 2 aliphatic heterocycles. The zero-order valence-corrected chi connectivity index (χ0v) is 16.0. The van der Waals surface area contributed by atoms with E-state index in [9.17, 15) is 0 Å². The molecule has 0 aliphatic carbocycles. The van der Waals surface area contributed by atoms with E-state index in [2.05, 4.69) is 60.4 Å². The van der Waals surface area contributed by atoms with E-state index in [1.165, 1.54) is 23.1 Å². The molecule has 3 heterocycles. The molecule has 1 N–H and O–H groups in total. The lowest BCUT2D eigenvalue weighted by Crippen LogP contribution is -2.28. The molecule has 4 heteroatoms. The first-order valence-electron chi connectivity index (χ1n) is 9.64. The van der Waals surface area contributed by atoms with E-state index in [-0.39, 0.29) is 5.60 Å². The number of nitrogens with zero attached hydrogens (tertiary/aromatic N) is 2. The largest absolute Gasteiger partial charge is 0.487 e. The molecule has 26 heavy (non-hydrogen) atoms. The maximum atomic E-state index is 6.20. The number of pyridine rings is 1. The molecular formula is C22H29N3O. The van der Waals surface area contributed by atoms with E-state index in [1.54, 1.807) is 0 Å². The number of hydrogen-bond acceptors (Lipinski definition) is 4. The maximum absolute atomic E-state index is 6.20. The first-order chi connectivity index (χ1) is 12.5. The zero-order valence-electron chi connectivity index (χ0n) is 16.0. The summed E-state index contributed by atoms with van der Waals surface area (Å²) in [6, 6.07) is 11.2. The number of ether oxygens (including phenoxy) is 1. The topological polar surface area (TPSA) is 37.4 Å². The molecule has 0 saturated carbocycles. The molecule has 2 atom stereocenters. The fraction of sp³-hybridized carbons (Fsp3) is 0.500. The van der Waals surface area contributed by atoms with Gasteiger partial charge in [0.05, 0.1) is 0 Å². The molecule has 0 spiro atoms. The van der Waals surface area contributed by atoms with Crippen LogP contribution in [-0.4, -0.2) is 35.6 Å². The second-order valence-electron chi connectivity index (χ2n) is 8.34. The number of fused-ring (bicyclic) bond motifs is 1. The van der Waals surface area contributed by atoms with Crippen LogP contribution in [0.15, 0.2) is 42.7 Å². The minimum Gasteiger partial charge on any atom is -0.487 e. The summed E-state index contributed by atoms with van der Waals surface area (Å²) >= 11 is 0. The van der Waals surface area contributed by atoms with Gasteiger partial charge in [0, 0.05) is 43.5 Å². The van der Waals surface area contributed by atoms with Crippen molar-refractivity contribution < 1.29 is 4.74 Å². The van der Waals surface area contributed by atoms with Crippen molar-refractivity contribution in [2.75, 3.05) is 20.1 Å². The summed E-state index contributed by atoms with van der Waals surface area (Å²) in [5.74, 6) is 1.70. The molecule has 138 valence electrons. The van der Waals surface area contributed by atoms with Crippen LogP contribution in [0.25, 0.3) is 0 Å². The zero-order chi connectivity index (χ0) is 18.1. The molecule has 1 aromatic carbocycles. The van der Waals surface area contributed by atoms with Gasteiger partial charge in [-0.2, -0.15) is 0 Å². The van der Waals surface area contributed by atoms with E-state index >= 15 is 0 Å². The molecule has 0 amide bonds. The molecule has 2 aliphatic rings. The average Bonchev–Trinajstić information content (AvgIpc) is 3.14. The fourth-order valence-electron chi connectivity index (χ4n) is 4.53.